The van der Waals surface area contributed by atoms with Gasteiger partial charge in [0, 0.05) is 51.2 Å². The van der Waals surface area contributed by atoms with Crippen molar-refractivity contribution >= 4 is 11.8 Å². The molecule has 29 heavy (non-hydrogen) atoms. The minimum absolute atomic E-state index is 0.0157. The molecule has 154 valence electrons. The molecule has 4 rings (SSSR count). The number of imidazole rings is 1. The van der Waals surface area contributed by atoms with Crippen LogP contribution in [0.15, 0.2) is 36.7 Å². The van der Waals surface area contributed by atoms with Gasteiger partial charge < -0.3 is 19.1 Å². The largest absolute Gasteiger partial charge is 0.378 e. The molecule has 3 heterocycles. The highest BCUT2D eigenvalue weighted by molar-refractivity contribution is 5.94. The van der Waals surface area contributed by atoms with Crippen molar-refractivity contribution in [1.82, 2.24) is 19.4 Å². The molecule has 0 atom stereocenters. The second kappa shape index (κ2) is 8.78. The minimum atomic E-state index is 0.0157. The number of ether oxygens (including phenoxy) is 1. The lowest BCUT2D eigenvalue weighted by Crippen LogP contribution is -2.40. The quantitative estimate of drug-likeness (QED) is 0.793. The average molecular weight is 396 g/mol. The van der Waals surface area contributed by atoms with E-state index in [1.807, 2.05) is 29.0 Å². The third-order valence-corrected chi connectivity index (χ3v) is 5.94. The molecular formula is C22H28N4O3. The van der Waals surface area contributed by atoms with Gasteiger partial charge in [-0.25, -0.2) is 4.98 Å². The van der Waals surface area contributed by atoms with Crippen molar-refractivity contribution < 1.29 is 14.3 Å². The van der Waals surface area contributed by atoms with Gasteiger partial charge in [-0.2, -0.15) is 0 Å². The SMILES string of the molecule is Cn1ccnc1C(=O)N1CCC(Cc2ccc(C(=O)N3CCOCC3)cc2)CC1. The number of amides is 2. The van der Waals surface area contributed by atoms with E-state index in [0.717, 1.165) is 37.9 Å². The monoisotopic (exact) mass is 396 g/mol. The van der Waals surface area contributed by atoms with Gasteiger partial charge in [-0.15, -0.1) is 0 Å². The predicted molar refractivity (Wildman–Crippen MR) is 109 cm³/mol. The topological polar surface area (TPSA) is 67.7 Å². The highest BCUT2D eigenvalue weighted by Crippen LogP contribution is 2.23. The van der Waals surface area contributed by atoms with Crippen LogP contribution < -0.4 is 0 Å². The van der Waals surface area contributed by atoms with Crippen molar-refractivity contribution in [2.75, 3.05) is 39.4 Å². The molecule has 2 aliphatic rings. The lowest BCUT2D eigenvalue weighted by atomic mass is 9.90. The molecule has 0 aliphatic carbocycles. The first-order chi connectivity index (χ1) is 14.1. The average Bonchev–Trinajstić information content (AvgIpc) is 3.20. The zero-order valence-electron chi connectivity index (χ0n) is 16.9. The summed E-state index contributed by atoms with van der Waals surface area (Å²) < 4.78 is 7.09. The summed E-state index contributed by atoms with van der Waals surface area (Å²) in [5.41, 5.74) is 1.99. The van der Waals surface area contributed by atoms with Crippen LogP contribution >= 0.6 is 0 Å². The second-order valence-electron chi connectivity index (χ2n) is 7.90. The number of piperidine rings is 1. The number of morpholine rings is 1. The maximum atomic E-state index is 12.6. The zero-order chi connectivity index (χ0) is 20.2. The van der Waals surface area contributed by atoms with Gasteiger partial charge in [0.05, 0.1) is 13.2 Å². The molecule has 2 aromatic rings. The summed E-state index contributed by atoms with van der Waals surface area (Å²) >= 11 is 0. The van der Waals surface area contributed by atoms with E-state index in [-0.39, 0.29) is 11.8 Å². The third kappa shape index (κ3) is 4.50. The molecular weight excluding hydrogens is 368 g/mol. The van der Waals surface area contributed by atoms with Gasteiger partial charge >= 0.3 is 0 Å². The summed E-state index contributed by atoms with van der Waals surface area (Å²) in [7, 11) is 1.85. The Kier molecular flexibility index (Phi) is 5.94. The first-order valence-electron chi connectivity index (χ1n) is 10.3. The number of nitrogens with zero attached hydrogens (tertiary/aromatic N) is 4. The number of carbonyl (C=O) groups excluding carboxylic acids is 2. The Labute approximate surface area is 171 Å². The van der Waals surface area contributed by atoms with Gasteiger partial charge in [-0.3, -0.25) is 9.59 Å². The normalized spacial score (nSPS) is 18.1. The molecule has 0 N–H and O–H groups in total. The summed E-state index contributed by atoms with van der Waals surface area (Å²) in [5.74, 6) is 1.16. The molecule has 0 unspecified atom stereocenters. The maximum Gasteiger partial charge on any atom is 0.289 e. The number of aryl methyl sites for hydroxylation is 1. The molecule has 0 saturated carbocycles. The van der Waals surface area contributed by atoms with Crippen LogP contribution in [-0.4, -0.2) is 70.6 Å². The Bertz CT molecular complexity index is 847. The summed E-state index contributed by atoms with van der Waals surface area (Å²) in [5, 5.41) is 0. The van der Waals surface area contributed by atoms with Crippen molar-refractivity contribution in [3.63, 3.8) is 0 Å². The van der Waals surface area contributed by atoms with Crippen molar-refractivity contribution in [3.05, 3.63) is 53.6 Å². The van der Waals surface area contributed by atoms with E-state index >= 15 is 0 Å². The van der Waals surface area contributed by atoms with Crippen LogP contribution in [0.25, 0.3) is 0 Å². The van der Waals surface area contributed by atoms with E-state index in [1.165, 1.54) is 5.56 Å². The fourth-order valence-electron chi connectivity index (χ4n) is 4.12. The van der Waals surface area contributed by atoms with Gasteiger partial charge in [-0.05, 0) is 42.9 Å². The predicted octanol–water partition coefficient (Wildman–Crippen LogP) is 1.99. The molecule has 0 spiro atoms. The molecule has 2 amide bonds. The fourth-order valence-corrected chi connectivity index (χ4v) is 4.12. The summed E-state index contributed by atoms with van der Waals surface area (Å²) in [6.45, 7) is 4.09. The van der Waals surface area contributed by atoms with Crippen molar-refractivity contribution in [3.8, 4) is 0 Å². The Hall–Kier alpha value is -2.67. The maximum absolute atomic E-state index is 12.6. The van der Waals surface area contributed by atoms with Gasteiger partial charge in [-0.1, -0.05) is 12.1 Å². The second-order valence-corrected chi connectivity index (χ2v) is 7.90. The summed E-state index contributed by atoms with van der Waals surface area (Å²) in [4.78, 5) is 33.1. The fraction of sp³-hybridized carbons (Fsp3) is 0.500. The summed E-state index contributed by atoms with van der Waals surface area (Å²) in [6.07, 6.45) is 6.42. The van der Waals surface area contributed by atoms with Gasteiger partial charge in [0.25, 0.3) is 11.8 Å². The minimum Gasteiger partial charge on any atom is -0.378 e. The van der Waals surface area contributed by atoms with E-state index in [1.54, 1.807) is 17.0 Å². The first kappa shape index (κ1) is 19.6. The molecule has 7 heteroatoms. The van der Waals surface area contributed by atoms with Gasteiger partial charge in [0.2, 0.25) is 0 Å². The molecule has 1 aromatic heterocycles. The number of benzene rings is 1. The van der Waals surface area contributed by atoms with Crippen molar-refractivity contribution in [2.24, 2.45) is 13.0 Å². The molecule has 0 radical (unpaired) electrons. The summed E-state index contributed by atoms with van der Waals surface area (Å²) in [6, 6.07) is 8.01. The Morgan fingerprint density at radius 1 is 1.00 bits per heavy atom. The molecule has 2 fully saturated rings. The number of aromatic nitrogens is 2. The lowest BCUT2D eigenvalue weighted by molar-refractivity contribution is 0.0303. The molecule has 1 aromatic carbocycles. The van der Waals surface area contributed by atoms with Gasteiger partial charge in [0.15, 0.2) is 5.82 Å². The van der Waals surface area contributed by atoms with Crippen molar-refractivity contribution in [2.45, 2.75) is 19.3 Å². The number of rotatable bonds is 4. The Balaban J connectivity index is 1.29. The number of carbonyl (C=O) groups is 2. The van der Waals surface area contributed by atoms with Crippen LogP contribution in [-0.2, 0) is 18.2 Å². The van der Waals surface area contributed by atoms with Gasteiger partial charge in [0.1, 0.15) is 0 Å². The number of likely N-dealkylation sites (tertiary alicyclic amines) is 1. The molecule has 7 nitrogen and oxygen atoms in total. The van der Waals surface area contributed by atoms with Crippen LogP contribution in [0.3, 0.4) is 0 Å². The Morgan fingerprint density at radius 3 is 2.28 bits per heavy atom. The smallest absolute Gasteiger partial charge is 0.289 e. The molecule has 0 bridgehead atoms. The van der Waals surface area contributed by atoms with E-state index in [0.29, 0.717) is 38.0 Å². The van der Waals surface area contributed by atoms with Crippen LogP contribution in [0.1, 0.15) is 39.4 Å². The van der Waals surface area contributed by atoms with Crippen LogP contribution in [0.5, 0.6) is 0 Å². The van der Waals surface area contributed by atoms with E-state index in [2.05, 4.69) is 17.1 Å². The highest BCUT2D eigenvalue weighted by Gasteiger charge is 2.26. The van der Waals surface area contributed by atoms with Crippen LogP contribution in [0.2, 0.25) is 0 Å². The number of hydrogen-bond acceptors (Lipinski definition) is 4. The number of hydrogen-bond donors (Lipinski definition) is 0. The molecule has 2 saturated heterocycles. The first-order valence-corrected chi connectivity index (χ1v) is 10.3. The van der Waals surface area contributed by atoms with Crippen LogP contribution in [0, 0.1) is 5.92 Å². The van der Waals surface area contributed by atoms with Crippen molar-refractivity contribution in [1.29, 1.82) is 0 Å². The van der Waals surface area contributed by atoms with E-state index in [4.69, 9.17) is 4.74 Å². The zero-order valence-corrected chi connectivity index (χ0v) is 16.9. The molecule has 2 aliphatic heterocycles. The highest BCUT2D eigenvalue weighted by atomic mass is 16.5. The Morgan fingerprint density at radius 2 is 1.66 bits per heavy atom. The van der Waals surface area contributed by atoms with E-state index < -0.39 is 0 Å². The van der Waals surface area contributed by atoms with Crippen LogP contribution in [0.4, 0.5) is 0 Å². The standard InChI is InChI=1S/C22H28N4O3/c1-24-11-8-23-20(24)22(28)25-9-6-18(7-10-25)16-17-2-4-19(5-3-17)21(27)26-12-14-29-15-13-26/h2-5,8,11,18H,6-7,9-10,12-16H2,1H3. The van der Waals surface area contributed by atoms with E-state index in [9.17, 15) is 9.59 Å². The lowest BCUT2D eigenvalue weighted by Gasteiger charge is -2.32. The third-order valence-electron chi connectivity index (χ3n) is 5.94.